The molecule has 3 N–H and O–H groups in total. The summed E-state index contributed by atoms with van der Waals surface area (Å²) in [5.74, 6) is 0.764. The van der Waals surface area contributed by atoms with Gasteiger partial charge in [-0.3, -0.25) is 14.4 Å². The van der Waals surface area contributed by atoms with Gasteiger partial charge in [0.05, 0.1) is 19.6 Å². The van der Waals surface area contributed by atoms with Gasteiger partial charge in [0.15, 0.2) is 0 Å². The highest BCUT2D eigenvalue weighted by Gasteiger charge is 2.32. The van der Waals surface area contributed by atoms with Crippen molar-refractivity contribution in [1.29, 1.82) is 0 Å². The van der Waals surface area contributed by atoms with Crippen LogP contribution >= 0.6 is 0 Å². The number of terminal acetylenes is 1. The highest BCUT2D eigenvalue weighted by molar-refractivity contribution is 5.91. The third-order valence-corrected chi connectivity index (χ3v) is 4.35. The number of ether oxygens (including phenoxy) is 2. The highest BCUT2D eigenvalue weighted by atomic mass is 16.6. The Morgan fingerprint density at radius 1 is 1.18 bits per heavy atom. The lowest BCUT2D eigenvalue weighted by atomic mass is 9.98. The Kier molecular flexibility index (Phi) is 11.6. The molecule has 0 aliphatic rings. The molecule has 0 fully saturated rings. The van der Waals surface area contributed by atoms with Crippen LogP contribution < -0.4 is 10.6 Å². The summed E-state index contributed by atoms with van der Waals surface area (Å²) in [6.07, 6.45) is 4.74. The maximum Gasteiger partial charge on any atom is 0.408 e. The van der Waals surface area contributed by atoms with Crippen molar-refractivity contribution < 1.29 is 33.8 Å². The molecule has 0 bridgehead atoms. The first-order chi connectivity index (χ1) is 16.0. The summed E-state index contributed by atoms with van der Waals surface area (Å²) in [6, 6.07) is 5.36. The minimum Gasteiger partial charge on any atom is -0.466 e. The summed E-state index contributed by atoms with van der Waals surface area (Å²) in [5, 5.41) is 14.6. The molecule has 0 aromatic heterocycles. The number of esters is 1. The molecule has 0 aliphatic heterocycles. The van der Waals surface area contributed by atoms with Gasteiger partial charge in [-0.1, -0.05) is 24.1 Å². The molecule has 3 amide bonds. The molecular formula is C24H33N3O7. The van der Waals surface area contributed by atoms with E-state index in [4.69, 9.17) is 15.9 Å². The zero-order valence-corrected chi connectivity index (χ0v) is 20.1. The Labute approximate surface area is 200 Å². The van der Waals surface area contributed by atoms with E-state index in [9.17, 15) is 24.3 Å². The van der Waals surface area contributed by atoms with E-state index in [1.54, 1.807) is 52.0 Å². The smallest absolute Gasteiger partial charge is 0.408 e. The van der Waals surface area contributed by atoms with Crippen LogP contribution in [0.4, 0.5) is 4.79 Å². The van der Waals surface area contributed by atoms with Gasteiger partial charge in [-0.15, -0.1) is 6.42 Å². The maximum atomic E-state index is 13.2. The third kappa shape index (κ3) is 9.50. The molecule has 0 saturated carbocycles. The number of alkyl carbamates (subject to hydrolysis) is 1. The first-order valence-corrected chi connectivity index (χ1v) is 10.9. The van der Waals surface area contributed by atoms with Gasteiger partial charge in [0.1, 0.15) is 18.2 Å². The molecule has 10 nitrogen and oxygen atoms in total. The third-order valence-electron chi connectivity index (χ3n) is 4.35. The van der Waals surface area contributed by atoms with Crippen LogP contribution in [0.5, 0.6) is 0 Å². The highest BCUT2D eigenvalue weighted by Crippen LogP contribution is 2.24. The molecule has 1 rings (SSSR count). The van der Waals surface area contributed by atoms with E-state index in [0.717, 1.165) is 4.90 Å². The van der Waals surface area contributed by atoms with Crippen molar-refractivity contribution in [3.8, 4) is 12.3 Å². The lowest BCUT2D eigenvalue weighted by Crippen LogP contribution is -2.49. The second-order valence-corrected chi connectivity index (χ2v) is 8.15. The quantitative estimate of drug-likeness (QED) is 0.323. The molecule has 1 atom stereocenters. The molecule has 1 aromatic carbocycles. The van der Waals surface area contributed by atoms with Gasteiger partial charge in [0.2, 0.25) is 11.8 Å². The van der Waals surface area contributed by atoms with Crippen molar-refractivity contribution in [3.05, 3.63) is 35.4 Å². The van der Waals surface area contributed by atoms with Gasteiger partial charge in [-0.25, -0.2) is 4.79 Å². The summed E-state index contributed by atoms with van der Waals surface area (Å²) in [7, 11) is 0. The number of rotatable bonds is 11. The van der Waals surface area contributed by atoms with E-state index in [0.29, 0.717) is 11.1 Å². The summed E-state index contributed by atoms with van der Waals surface area (Å²) in [5.41, 5.74) is -0.0214. The molecule has 186 valence electrons. The number of carbonyl (C=O) groups excluding carboxylic acids is 4. The average molecular weight is 476 g/mol. The SMILES string of the molecule is C#Cc1ccccc1C(C(=O)NCCC(=O)OCC)N(CCO)C(=O)CNC(=O)OC(C)(C)C. The van der Waals surface area contributed by atoms with Crippen molar-refractivity contribution >= 4 is 23.9 Å². The lowest BCUT2D eigenvalue weighted by Gasteiger charge is -2.31. The molecule has 10 heteroatoms. The largest absolute Gasteiger partial charge is 0.466 e. The van der Waals surface area contributed by atoms with E-state index < -0.39 is 48.7 Å². The Hall–Kier alpha value is -3.58. The molecule has 0 aliphatic carbocycles. The minimum absolute atomic E-state index is 0.0241. The first-order valence-electron chi connectivity index (χ1n) is 10.9. The number of hydrogen-bond donors (Lipinski definition) is 3. The van der Waals surface area contributed by atoms with Crippen LogP contribution in [0.15, 0.2) is 24.3 Å². The minimum atomic E-state index is -1.21. The van der Waals surface area contributed by atoms with Crippen LogP contribution in [0.2, 0.25) is 0 Å². The van der Waals surface area contributed by atoms with Gasteiger partial charge in [0.25, 0.3) is 0 Å². The average Bonchev–Trinajstić information content (AvgIpc) is 2.76. The van der Waals surface area contributed by atoms with E-state index >= 15 is 0 Å². The molecule has 0 heterocycles. The Morgan fingerprint density at radius 2 is 1.85 bits per heavy atom. The van der Waals surface area contributed by atoms with Crippen LogP contribution in [0.1, 0.15) is 51.3 Å². The van der Waals surface area contributed by atoms with Crippen molar-refractivity contribution in [1.82, 2.24) is 15.5 Å². The molecule has 0 spiro atoms. The van der Waals surface area contributed by atoms with Crippen molar-refractivity contribution in [2.75, 3.05) is 32.8 Å². The molecule has 1 unspecified atom stereocenters. The number of aliphatic hydroxyl groups is 1. The van der Waals surface area contributed by atoms with E-state index in [1.165, 1.54) is 0 Å². The standard InChI is InChI=1S/C24H33N3O7/c1-6-17-10-8-9-11-18(17)21(22(31)25-13-12-20(30)33-7-2)27(14-15-28)19(29)16-26-23(32)34-24(3,4)5/h1,8-11,21,28H,7,12-16H2,2-5H3,(H,25,31)(H,26,32). The predicted molar refractivity (Wildman–Crippen MR) is 124 cm³/mol. The monoisotopic (exact) mass is 475 g/mol. The second kappa shape index (κ2) is 13.9. The van der Waals surface area contributed by atoms with Gasteiger partial charge in [0, 0.05) is 18.7 Å². The van der Waals surface area contributed by atoms with Crippen molar-refractivity contribution in [2.24, 2.45) is 0 Å². The normalized spacial score (nSPS) is 11.5. The van der Waals surface area contributed by atoms with Crippen molar-refractivity contribution in [3.63, 3.8) is 0 Å². The summed E-state index contributed by atoms with van der Waals surface area (Å²) in [6.45, 7) is 5.79. The Bertz CT molecular complexity index is 903. The molecular weight excluding hydrogens is 442 g/mol. The van der Waals surface area contributed by atoms with Gasteiger partial charge < -0.3 is 30.1 Å². The van der Waals surface area contributed by atoms with Crippen LogP contribution in [-0.2, 0) is 23.9 Å². The van der Waals surface area contributed by atoms with E-state index in [2.05, 4.69) is 16.6 Å². The fourth-order valence-electron chi connectivity index (χ4n) is 3.00. The molecule has 0 radical (unpaired) electrons. The number of nitrogens with zero attached hydrogens (tertiary/aromatic N) is 1. The number of nitrogens with one attached hydrogen (secondary N) is 2. The fourth-order valence-corrected chi connectivity index (χ4v) is 3.00. The maximum absolute atomic E-state index is 13.2. The predicted octanol–water partition coefficient (Wildman–Crippen LogP) is 1.12. The number of amides is 3. The van der Waals surface area contributed by atoms with Crippen molar-refractivity contribution in [2.45, 2.75) is 45.8 Å². The van der Waals surface area contributed by atoms with Crippen LogP contribution in [-0.4, -0.2) is 72.3 Å². The zero-order chi connectivity index (χ0) is 25.7. The van der Waals surface area contributed by atoms with E-state index in [1.807, 2.05) is 0 Å². The lowest BCUT2D eigenvalue weighted by molar-refractivity contribution is -0.143. The fraction of sp³-hybridized carbons (Fsp3) is 0.500. The Morgan fingerprint density at radius 3 is 2.44 bits per heavy atom. The topological polar surface area (TPSA) is 134 Å². The zero-order valence-electron chi connectivity index (χ0n) is 20.1. The summed E-state index contributed by atoms with van der Waals surface area (Å²) < 4.78 is 9.98. The van der Waals surface area contributed by atoms with Crippen LogP contribution in [0.3, 0.4) is 0 Å². The number of benzene rings is 1. The second-order valence-electron chi connectivity index (χ2n) is 8.15. The molecule has 34 heavy (non-hydrogen) atoms. The first kappa shape index (κ1) is 28.5. The molecule has 0 saturated heterocycles. The van der Waals surface area contributed by atoms with Gasteiger partial charge >= 0.3 is 12.1 Å². The number of carbonyl (C=O) groups is 4. The van der Waals surface area contributed by atoms with Crippen LogP contribution in [0, 0.1) is 12.3 Å². The van der Waals surface area contributed by atoms with Crippen LogP contribution in [0.25, 0.3) is 0 Å². The summed E-state index contributed by atoms with van der Waals surface area (Å²) in [4.78, 5) is 50.9. The number of hydrogen-bond acceptors (Lipinski definition) is 7. The van der Waals surface area contributed by atoms with E-state index in [-0.39, 0.29) is 26.1 Å². The van der Waals surface area contributed by atoms with Gasteiger partial charge in [-0.2, -0.15) is 0 Å². The molecule has 1 aromatic rings. The summed E-state index contributed by atoms with van der Waals surface area (Å²) >= 11 is 0. The Balaban J connectivity index is 3.15. The van der Waals surface area contributed by atoms with Gasteiger partial charge in [-0.05, 0) is 39.3 Å². The number of aliphatic hydroxyl groups excluding tert-OH is 1.